The molecule has 0 aromatic carbocycles. The quantitative estimate of drug-likeness (QED) is 0.483. The maximum absolute atomic E-state index is 5.42. The lowest BCUT2D eigenvalue weighted by atomic mass is 10.1. The van der Waals surface area contributed by atoms with Crippen molar-refractivity contribution in [3.8, 4) is 0 Å². The van der Waals surface area contributed by atoms with Gasteiger partial charge in [-0.05, 0) is 19.3 Å². The molecule has 1 unspecified atom stereocenters. The summed E-state index contributed by atoms with van der Waals surface area (Å²) in [6, 6.07) is 0. The molecule has 1 saturated heterocycles. The van der Waals surface area contributed by atoms with Gasteiger partial charge in [-0.25, -0.2) is 0 Å². The standard InChI is InChI=1S/C6H14N2O/c7-6(8)5-3-1-2-4-9-5/h5-6H,1-4,7-8H2. The molecule has 0 radical (unpaired) electrons. The summed E-state index contributed by atoms with van der Waals surface area (Å²) >= 11 is 0. The summed E-state index contributed by atoms with van der Waals surface area (Å²) in [6.07, 6.45) is 3.21. The van der Waals surface area contributed by atoms with Gasteiger partial charge in [0.05, 0.1) is 12.3 Å². The molecule has 1 aliphatic heterocycles. The van der Waals surface area contributed by atoms with Crippen molar-refractivity contribution in [1.29, 1.82) is 0 Å². The fraction of sp³-hybridized carbons (Fsp3) is 1.00. The minimum Gasteiger partial charge on any atom is -0.375 e. The summed E-state index contributed by atoms with van der Waals surface area (Å²) in [4.78, 5) is 0. The van der Waals surface area contributed by atoms with Gasteiger partial charge in [0.25, 0.3) is 0 Å². The predicted octanol–water partition coefficient (Wildman–Crippen LogP) is -0.201. The van der Waals surface area contributed by atoms with Crippen molar-refractivity contribution in [2.24, 2.45) is 11.5 Å². The summed E-state index contributed by atoms with van der Waals surface area (Å²) in [5.74, 6) is 0. The van der Waals surface area contributed by atoms with Crippen LogP contribution in [0.1, 0.15) is 19.3 Å². The van der Waals surface area contributed by atoms with E-state index in [0.29, 0.717) is 0 Å². The Morgan fingerprint density at radius 2 is 2.11 bits per heavy atom. The zero-order valence-electron chi connectivity index (χ0n) is 5.55. The molecule has 1 heterocycles. The molecule has 3 heteroatoms. The van der Waals surface area contributed by atoms with Gasteiger partial charge in [-0.2, -0.15) is 0 Å². The van der Waals surface area contributed by atoms with Crippen LogP contribution in [-0.4, -0.2) is 18.9 Å². The Labute approximate surface area is 55.4 Å². The topological polar surface area (TPSA) is 61.3 Å². The van der Waals surface area contributed by atoms with Crippen LogP contribution in [0.25, 0.3) is 0 Å². The Morgan fingerprint density at radius 3 is 2.44 bits per heavy atom. The van der Waals surface area contributed by atoms with E-state index in [0.717, 1.165) is 19.4 Å². The summed E-state index contributed by atoms with van der Waals surface area (Å²) < 4.78 is 5.29. The molecule has 0 saturated carbocycles. The van der Waals surface area contributed by atoms with E-state index >= 15 is 0 Å². The molecule has 3 nitrogen and oxygen atoms in total. The van der Waals surface area contributed by atoms with E-state index < -0.39 is 0 Å². The van der Waals surface area contributed by atoms with E-state index in [4.69, 9.17) is 16.2 Å². The van der Waals surface area contributed by atoms with Gasteiger partial charge >= 0.3 is 0 Å². The Balaban J connectivity index is 2.23. The first kappa shape index (κ1) is 6.99. The number of ether oxygens (including phenoxy) is 1. The molecule has 0 amide bonds. The Hall–Kier alpha value is -0.120. The molecular weight excluding hydrogens is 116 g/mol. The van der Waals surface area contributed by atoms with Crippen LogP contribution in [0.15, 0.2) is 0 Å². The molecule has 1 fully saturated rings. The molecule has 0 aromatic rings. The highest BCUT2D eigenvalue weighted by Gasteiger charge is 2.17. The van der Waals surface area contributed by atoms with Gasteiger partial charge in [-0.1, -0.05) is 0 Å². The van der Waals surface area contributed by atoms with E-state index in [1.165, 1.54) is 6.42 Å². The van der Waals surface area contributed by atoms with Gasteiger partial charge in [0, 0.05) is 6.61 Å². The Kier molecular flexibility index (Phi) is 2.45. The van der Waals surface area contributed by atoms with Crippen LogP contribution in [0.4, 0.5) is 0 Å². The van der Waals surface area contributed by atoms with Gasteiger partial charge in [0.2, 0.25) is 0 Å². The van der Waals surface area contributed by atoms with Crippen molar-refractivity contribution >= 4 is 0 Å². The van der Waals surface area contributed by atoms with Crippen LogP contribution < -0.4 is 11.5 Å². The number of nitrogens with two attached hydrogens (primary N) is 2. The molecule has 0 bridgehead atoms. The fourth-order valence-electron chi connectivity index (χ4n) is 1.07. The normalized spacial score (nSPS) is 29.0. The monoisotopic (exact) mass is 130 g/mol. The van der Waals surface area contributed by atoms with Crippen molar-refractivity contribution in [2.75, 3.05) is 6.61 Å². The van der Waals surface area contributed by atoms with E-state index in [2.05, 4.69) is 0 Å². The first-order valence-electron chi connectivity index (χ1n) is 3.43. The van der Waals surface area contributed by atoms with Crippen LogP contribution in [0.5, 0.6) is 0 Å². The van der Waals surface area contributed by atoms with Gasteiger partial charge in [-0.15, -0.1) is 0 Å². The third kappa shape index (κ3) is 1.93. The predicted molar refractivity (Wildman–Crippen MR) is 35.8 cm³/mol. The lowest BCUT2D eigenvalue weighted by Crippen LogP contribution is -2.45. The lowest BCUT2D eigenvalue weighted by molar-refractivity contribution is 0.00174. The van der Waals surface area contributed by atoms with Crippen LogP contribution in [0, 0.1) is 0 Å². The maximum Gasteiger partial charge on any atom is 0.0855 e. The second kappa shape index (κ2) is 3.15. The molecule has 1 atom stereocenters. The first-order valence-corrected chi connectivity index (χ1v) is 3.43. The zero-order chi connectivity index (χ0) is 6.69. The molecule has 54 valence electrons. The average Bonchev–Trinajstić information content (AvgIpc) is 1.90. The van der Waals surface area contributed by atoms with Crippen molar-refractivity contribution in [2.45, 2.75) is 31.5 Å². The Bertz CT molecular complexity index is 79.1. The Morgan fingerprint density at radius 1 is 1.33 bits per heavy atom. The lowest BCUT2D eigenvalue weighted by Gasteiger charge is -2.24. The average molecular weight is 130 g/mol. The number of hydrogen-bond donors (Lipinski definition) is 2. The largest absolute Gasteiger partial charge is 0.375 e. The minimum absolute atomic E-state index is 0.110. The summed E-state index contributed by atoms with van der Waals surface area (Å²) in [6.45, 7) is 0.829. The summed E-state index contributed by atoms with van der Waals surface area (Å²) in [5, 5.41) is 0. The minimum atomic E-state index is -0.287. The van der Waals surface area contributed by atoms with Crippen LogP contribution in [-0.2, 0) is 4.74 Å². The highest BCUT2D eigenvalue weighted by molar-refractivity contribution is 4.70. The fourth-order valence-corrected chi connectivity index (χ4v) is 1.07. The zero-order valence-corrected chi connectivity index (χ0v) is 5.55. The third-order valence-electron chi connectivity index (χ3n) is 1.64. The molecule has 0 aromatic heterocycles. The molecular formula is C6H14N2O. The summed E-state index contributed by atoms with van der Waals surface area (Å²) in [5.41, 5.74) is 10.8. The highest BCUT2D eigenvalue weighted by Crippen LogP contribution is 2.12. The molecule has 1 rings (SSSR count). The first-order chi connectivity index (χ1) is 4.30. The van der Waals surface area contributed by atoms with Crippen molar-refractivity contribution in [3.05, 3.63) is 0 Å². The van der Waals surface area contributed by atoms with E-state index in [1.807, 2.05) is 0 Å². The molecule has 0 aliphatic carbocycles. The molecule has 1 aliphatic rings. The number of rotatable bonds is 1. The van der Waals surface area contributed by atoms with E-state index in [1.54, 1.807) is 0 Å². The molecule has 4 N–H and O–H groups in total. The smallest absolute Gasteiger partial charge is 0.0855 e. The van der Waals surface area contributed by atoms with Crippen molar-refractivity contribution in [3.63, 3.8) is 0 Å². The van der Waals surface area contributed by atoms with Crippen LogP contribution in [0.2, 0.25) is 0 Å². The van der Waals surface area contributed by atoms with Gasteiger partial charge < -0.3 is 16.2 Å². The van der Waals surface area contributed by atoms with Crippen molar-refractivity contribution < 1.29 is 4.74 Å². The van der Waals surface area contributed by atoms with Crippen LogP contribution in [0.3, 0.4) is 0 Å². The summed E-state index contributed by atoms with van der Waals surface area (Å²) in [7, 11) is 0. The van der Waals surface area contributed by atoms with Gasteiger partial charge in [0.1, 0.15) is 0 Å². The maximum atomic E-state index is 5.42. The van der Waals surface area contributed by atoms with Crippen LogP contribution >= 0.6 is 0 Å². The third-order valence-corrected chi connectivity index (χ3v) is 1.64. The van der Waals surface area contributed by atoms with E-state index in [-0.39, 0.29) is 12.3 Å². The highest BCUT2D eigenvalue weighted by atomic mass is 16.5. The molecule has 9 heavy (non-hydrogen) atoms. The molecule has 0 spiro atoms. The van der Waals surface area contributed by atoms with E-state index in [9.17, 15) is 0 Å². The van der Waals surface area contributed by atoms with Gasteiger partial charge in [-0.3, -0.25) is 0 Å². The van der Waals surface area contributed by atoms with Crippen molar-refractivity contribution in [1.82, 2.24) is 0 Å². The number of hydrogen-bond acceptors (Lipinski definition) is 3. The SMILES string of the molecule is NC(N)C1CCCCO1. The second-order valence-electron chi connectivity index (χ2n) is 2.48. The van der Waals surface area contributed by atoms with Gasteiger partial charge in [0.15, 0.2) is 0 Å². The second-order valence-corrected chi connectivity index (χ2v) is 2.48.